The van der Waals surface area contributed by atoms with Crippen LogP contribution < -0.4 is 15.0 Å². The number of pyridine rings is 1. The van der Waals surface area contributed by atoms with Gasteiger partial charge in [0.25, 0.3) is 0 Å². The Hall–Kier alpha value is -1.81. The minimum atomic E-state index is 0.114. The highest BCUT2D eigenvalue weighted by molar-refractivity contribution is 5.90. The first kappa shape index (κ1) is 11.7. The van der Waals surface area contributed by atoms with E-state index in [9.17, 15) is 0 Å². The second-order valence-electron chi connectivity index (χ2n) is 3.93. The molecule has 0 unspecified atom stereocenters. The highest BCUT2D eigenvalue weighted by atomic mass is 16.5. The minimum Gasteiger partial charge on any atom is -0.497 e. The van der Waals surface area contributed by atoms with Crippen molar-refractivity contribution in [1.82, 2.24) is 0 Å². The lowest BCUT2D eigenvalue weighted by Crippen LogP contribution is -2.12. The van der Waals surface area contributed by atoms with E-state index in [2.05, 4.69) is 10.3 Å². The number of anilines is 1. The van der Waals surface area contributed by atoms with Crippen LogP contribution in [0.4, 0.5) is 5.69 Å². The van der Waals surface area contributed by atoms with Gasteiger partial charge in [0.1, 0.15) is 5.75 Å². The van der Waals surface area contributed by atoms with Gasteiger partial charge in [0.05, 0.1) is 24.8 Å². The number of benzene rings is 1. The fourth-order valence-electron chi connectivity index (χ4n) is 1.86. The zero-order valence-corrected chi connectivity index (χ0v) is 10.1. The van der Waals surface area contributed by atoms with Crippen LogP contribution in [0, 0.1) is 6.92 Å². The van der Waals surface area contributed by atoms with Crippen molar-refractivity contribution in [3.05, 3.63) is 30.0 Å². The van der Waals surface area contributed by atoms with E-state index in [-0.39, 0.29) is 6.61 Å². The van der Waals surface area contributed by atoms with Crippen molar-refractivity contribution in [2.45, 2.75) is 6.92 Å². The van der Waals surface area contributed by atoms with Crippen molar-refractivity contribution in [3.8, 4) is 5.75 Å². The zero-order chi connectivity index (χ0) is 12.3. The monoisotopic (exact) mass is 233 g/mol. The third kappa shape index (κ3) is 2.47. The molecule has 0 aliphatic carbocycles. The van der Waals surface area contributed by atoms with Crippen molar-refractivity contribution in [3.63, 3.8) is 0 Å². The lowest BCUT2D eigenvalue weighted by atomic mass is 10.1. The fraction of sp³-hybridized carbons (Fsp3) is 0.308. The molecule has 2 rings (SSSR count). The first-order valence-electron chi connectivity index (χ1n) is 5.60. The van der Waals surface area contributed by atoms with Crippen LogP contribution in [-0.4, -0.2) is 25.4 Å². The zero-order valence-electron chi connectivity index (χ0n) is 10.1. The molecule has 3 N–H and O–H groups in total. The molecule has 0 amide bonds. The molecule has 2 aromatic rings. The van der Waals surface area contributed by atoms with Crippen LogP contribution in [0.25, 0.3) is 10.9 Å². The van der Waals surface area contributed by atoms with E-state index in [0.717, 1.165) is 28.0 Å². The van der Waals surface area contributed by atoms with Gasteiger partial charge < -0.3 is 15.2 Å². The average molecular weight is 233 g/mol. The van der Waals surface area contributed by atoms with Crippen LogP contribution in [0.5, 0.6) is 5.75 Å². The number of aliphatic hydroxyl groups excluding tert-OH is 1. The van der Waals surface area contributed by atoms with Gasteiger partial charge >= 0.3 is 0 Å². The molecule has 4 heteroatoms. The Balaban J connectivity index is 2.53. The Morgan fingerprint density at radius 1 is 1.35 bits per heavy atom. The number of ether oxygens (including phenoxy) is 1. The van der Waals surface area contributed by atoms with E-state index in [0.29, 0.717) is 6.54 Å². The normalized spacial score (nSPS) is 10.5. The molecule has 0 spiro atoms. The number of aromatic amines is 1. The first-order chi connectivity index (χ1) is 8.24. The summed E-state index contributed by atoms with van der Waals surface area (Å²) in [5, 5.41) is 13.1. The third-order valence-corrected chi connectivity index (χ3v) is 2.64. The van der Waals surface area contributed by atoms with Gasteiger partial charge in [-0.25, -0.2) is 4.98 Å². The Bertz CT molecular complexity index is 526. The van der Waals surface area contributed by atoms with Crippen molar-refractivity contribution < 1.29 is 14.8 Å². The quantitative estimate of drug-likeness (QED) is 0.838. The lowest BCUT2D eigenvalue weighted by molar-refractivity contribution is -0.354. The molecule has 1 aromatic carbocycles. The number of rotatable bonds is 4. The van der Waals surface area contributed by atoms with E-state index in [1.807, 2.05) is 31.2 Å². The van der Waals surface area contributed by atoms with E-state index in [1.165, 1.54) is 0 Å². The summed E-state index contributed by atoms with van der Waals surface area (Å²) in [5.41, 5.74) is 3.12. The molecular weight excluding hydrogens is 216 g/mol. The molecule has 0 aliphatic heterocycles. The van der Waals surface area contributed by atoms with Crippen LogP contribution in [-0.2, 0) is 0 Å². The highest BCUT2D eigenvalue weighted by Crippen LogP contribution is 2.25. The van der Waals surface area contributed by atoms with E-state index >= 15 is 0 Å². The highest BCUT2D eigenvalue weighted by Gasteiger charge is 2.09. The van der Waals surface area contributed by atoms with E-state index in [4.69, 9.17) is 9.84 Å². The maximum absolute atomic E-state index is 8.87. The predicted octanol–water partition coefficient (Wildman–Crippen LogP) is 1.38. The summed E-state index contributed by atoms with van der Waals surface area (Å²) < 4.78 is 5.22. The summed E-state index contributed by atoms with van der Waals surface area (Å²) in [7, 11) is 1.65. The Morgan fingerprint density at radius 3 is 2.88 bits per heavy atom. The topological polar surface area (TPSA) is 55.6 Å². The number of aliphatic hydroxyl groups is 1. The molecule has 1 heterocycles. The van der Waals surface area contributed by atoms with Crippen LogP contribution in [0.15, 0.2) is 24.3 Å². The predicted molar refractivity (Wildman–Crippen MR) is 67.4 cm³/mol. The number of methoxy groups -OCH3 is 1. The van der Waals surface area contributed by atoms with Gasteiger partial charge in [-0.15, -0.1) is 0 Å². The molecule has 0 atom stereocenters. The fourth-order valence-corrected chi connectivity index (χ4v) is 1.86. The maximum atomic E-state index is 8.87. The Morgan fingerprint density at radius 2 is 2.18 bits per heavy atom. The molecule has 0 radical (unpaired) electrons. The van der Waals surface area contributed by atoms with Crippen molar-refractivity contribution in [2.75, 3.05) is 25.6 Å². The van der Waals surface area contributed by atoms with Crippen LogP contribution in [0.1, 0.15) is 5.69 Å². The minimum absolute atomic E-state index is 0.114. The van der Waals surface area contributed by atoms with Gasteiger partial charge in [0, 0.05) is 25.6 Å². The van der Waals surface area contributed by atoms with Gasteiger partial charge in [0.15, 0.2) is 5.69 Å². The number of fused-ring (bicyclic) bond motifs is 1. The second-order valence-corrected chi connectivity index (χ2v) is 3.93. The number of aromatic nitrogens is 1. The number of aryl methyl sites for hydroxylation is 1. The van der Waals surface area contributed by atoms with Crippen molar-refractivity contribution >= 4 is 16.6 Å². The number of hydrogen-bond acceptors (Lipinski definition) is 3. The second kappa shape index (κ2) is 5.01. The summed E-state index contributed by atoms with van der Waals surface area (Å²) >= 11 is 0. The van der Waals surface area contributed by atoms with Crippen LogP contribution in [0.3, 0.4) is 0 Å². The van der Waals surface area contributed by atoms with Crippen LogP contribution in [0.2, 0.25) is 0 Å². The molecule has 90 valence electrons. The molecule has 0 saturated heterocycles. The number of H-pyrrole nitrogens is 1. The SMILES string of the molecule is COc1ccc2[nH+]c(C)cc(NCCO)c2c1. The molecule has 0 aliphatic rings. The molecule has 17 heavy (non-hydrogen) atoms. The summed E-state index contributed by atoms with van der Waals surface area (Å²) in [5.74, 6) is 0.821. The van der Waals surface area contributed by atoms with Crippen LogP contribution >= 0.6 is 0 Å². The van der Waals surface area contributed by atoms with Gasteiger partial charge in [-0.3, -0.25) is 0 Å². The van der Waals surface area contributed by atoms with Gasteiger partial charge in [-0.05, 0) is 12.1 Å². The number of nitrogens with one attached hydrogen (secondary N) is 2. The smallest absolute Gasteiger partial charge is 0.213 e. The van der Waals surface area contributed by atoms with E-state index < -0.39 is 0 Å². The Kier molecular flexibility index (Phi) is 3.44. The van der Waals surface area contributed by atoms with Gasteiger partial charge in [-0.2, -0.15) is 0 Å². The largest absolute Gasteiger partial charge is 0.497 e. The lowest BCUT2D eigenvalue weighted by Gasteiger charge is -2.07. The van der Waals surface area contributed by atoms with Gasteiger partial charge in [0.2, 0.25) is 5.52 Å². The molecule has 0 bridgehead atoms. The standard InChI is InChI=1S/C13H16N2O2/c1-9-7-13(14-5-6-16)11-8-10(17-2)3-4-12(11)15-9/h3-4,7-8,16H,5-6H2,1-2H3,(H,14,15)/p+1. The summed E-state index contributed by atoms with van der Waals surface area (Å²) in [6.45, 7) is 2.66. The molecule has 0 fully saturated rings. The first-order valence-corrected chi connectivity index (χ1v) is 5.60. The Labute approximate surface area is 100 Å². The molecule has 1 aromatic heterocycles. The van der Waals surface area contributed by atoms with E-state index in [1.54, 1.807) is 7.11 Å². The summed E-state index contributed by atoms with van der Waals surface area (Å²) in [6, 6.07) is 7.92. The van der Waals surface area contributed by atoms with Crippen molar-refractivity contribution in [1.29, 1.82) is 0 Å². The molecule has 0 saturated carbocycles. The summed E-state index contributed by atoms with van der Waals surface area (Å²) in [4.78, 5) is 3.30. The summed E-state index contributed by atoms with van der Waals surface area (Å²) in [6.07, 6.45) is 0. The molecule has 4 nitrogen and oxygen atoms in total. The number of hydrogen-bond donors (Lipinski definition) is 2. The van der Waals surface area contributed by atoms with Gasteiger partial charge in [-0.1, -0.05) is 0 Å². The molecular formula is C13H17N2O2+. The maximum Gasteiger partial charge on any atom is 0.213 e. The third-order valence-electron chi connectivity index (χ3n) is 2.64. The average Bonchev–Trinajstić information content (AvgIpc) is 2.35. The van der Waals surface area contributed by atoms with Crippen molar-refractivity contribution in [2.24, 2.45) is 0 Å².